The second-order valence-corrected chi connectivity index (χ2v) is 5.98. The predicted molar refractivity (Wildman–Crippen MR) is 69.8 cm³/mol. The van der Waals surface area contributed by atoms with Gasteiger partial charge in [0, 0.05) is 23.3 Å². The molecule has 4 nitrogen and oxygen atoms in total. The Hall–Kier alpha value is -0.870. The van der Waals surface area contributed by atoms with Gasteiger partial charge in [-0.1, -0.05) is 20.8 Å². The van der Waals surface area contributed by atoms with E-state index in [0.717, 1.165) is 17.7 Å². The number of hydrogen-bond acceptors (Lipinski definition) is 3. The maximum atomic E-state index is 9.42. The normalized spacial score (nSPS) is 15.9. The first-order chi connectivity index (χ1) is 7.83. The van der Waals surface area contributed by atoms with Crippen LogP contribution in [0.5, 0.6) is 0 Å². The van der Waals surface area contributed by atoms with Crippen LogP contribution in [0.2, 0.25) is 0 Å². The number of aromatic amines is 1. The van der Waals surface area contributed by atoms with Crippen LogP contribution in [0.4, 0.5) is 0 Å². The Morgan fingerprint density at radius 3 is 2.53 bits per heavy atom. The summed E-state index contributed by atoms with van der Waals surface area (Å²) in [6, 6.07) is 0.326. The van der Waals surface area contributed by atoms with E-state index in [9.17, 15) is 5.11 Å². The average molecular weight is 239 g/mol. The Kier molecular flexibility index (Phi) is 4.71. The molecular formula is C13H25N3O. The van der Waals surface area contributed by atoms with Crippen molar-refractivity contribution in [1.82, 2.24) is 15.5 Å². The van der Waals surface area contributed by atoms with Crippen LogP contribution in [-0.4, -0.2) is 28.0 Å². The third kappa shape index (κ3) is 4.48. The molecule has 0 aliphatic rings. The lowest BCUT2D eigenvalue weighted by atomic mass is 9.88. The number of aryl methyl sites for hydroxylation is 1. The van der Waals surface area contributed by atoms with Crippen molar-refractivity contribution in [3.63, 3.8) is 0 Å². The van der Waals surface area contributed by atoms with Crippen molar-refractivity contribution in [3.8, 4) is 0 Å². The van der Waals surface area contributed by atoms with E-state index in [2.05, 4.69) is 43.2 Å². The van der Waals surface area contributed by atoms with E-state index in [1.54, 1.807) is 0 Å². The predicted octanol–water partition coefficient (Wildman–Crippen LogP) is 2.17. The van der Waals surface area contributed by atoms with Gasteiger partial charge in [0.1, 0.15) is 0 Å². The second-order valence-electron chi connectivity index (χ2n) is 5.98. The average Bonchev–Trinajstić information content (AvgIpc) is 2.61. The van der Waals surface area contributed by atoms with Crippen molar-refractivity contribution in [2.75, 3.05) is 6.61 Å². The van der Waals surface area contributed by atoms with Gasteiger partial charge >= 0.3 is 0 Å². The Morgan fingerprint density at radius 2 is 2.12 bits per heavy atom. The molecule has 0 spiro atoms. The van der Waals surface area contributed by atoms with E-state index < -0.39 is 0 Å². The minimum absolute atomic E-state index is 0.124. The fraction of sp³-hybridized carbons (Fsp3) is 0.769. The van der Waals surface area contributed by atoms with E-state index in [0.29, 0.717) is 0 Å². The zero-order chi connectivity index (χ0) is 13.1. The van der Waals surface area contributed by atoms with E-state index in [-0.39, 0.29) is 24.1 Å². The summed E-state index contributed by atoms with van der Waals surface area (Å²) in [6.45, 7) is 10.8. The molecular weight excluding hydrogens is 214 g/mol. The Labute approximate surface area is 104 Å². The maximum Gasteiger partial charge on any atom is 0.0585 e. The van der Waals surface area contributed by atoms with E-state index in [1.165, 1.54) is 0 Å². The quantitative estimate of drug-likeness (QED) is 0.738. The van der Waals surface area contributed by atoms with Gasteiger partial charge in [-0.25, -0.2) is 0 Å². The standard InChI is InChI=1S/C13H25N3O/c1-9(12-7-14-16-10(12)2)15-11(8-17)6-13(3,4)5/h7,9,11,15,17H,6,8H2,1-5H3,(H,14,16). The van der Waals surface area contributed by atoms with E-state index in [1.807, 2.05) is 13.1 Å². The molecule has 3 N–H and O–H groups in total. The maximum absolute atomic E-state index is 9.42. The third-order valence-corrected chi connectivity index (χ3v) is 2.90. The third-order valence-electron chi connectivity index (χ3n) is 2.90. The van der Waals surface area contributed by atoms with Gasteiger partial charge in [-0.2, -0.15) is 5.10 Å². The van der Waals surface area contributed by atoms with Crippen LogP contribution < -0.4 is 5.32 Å². The molecule has 0 saturated carbocycles. The lowest BCUT2D eigenvalue weighted by Gasteiger charge is -2.28. The number of H-pyrrole nitrogens is 1. The first kappa shape index (κ1) is 14.2. The van der Waals surface area contributed by atoms with Crippen LogP contribution in [0, 0.1) is 12.3 Å². The first-order valence-corrected chi connectivity index (χ1v) is 6.20. The summed E-state index contributed by atoms with van der Waals surface area (Å²) in [5.41, 5.74) is 2.46. The van der Waals surface area contributed by atoms with Crippen molar-refractivity contribution < 1.29 is 5.11 Å². The first-order valence-electron chi connectivity index (χ1n) is 6.20. The fourth-order valence-electron chi connectivity index (χ4n) is 2.16. The lowest BCUT2D eigenvalue weighted by molar-refractivity contribution is 0.190. The topological polar surface area (TPSA) is 60.9 Å². The van der Waals surface area contributed by atoms with Crippen molar-refractivity contribution >= 4 is 0 Å². The smallest absolute Gasteiger partial charge is 0.0585 e. The van der Waals surface area contributed by atoms with Crippen LogP contribution in [0.1, 0.15) is 51.4 Å². The minimum atomic E-state index is 0.124. The second kappa shape index (κ2) is 5.65. The molecule has 1 aromatic rings. The Morgan fingerprint density at radius 1 is 1.47 bits per heavy atom. The van der Waals surface area contributed by atoms with Gasteiger partial charge in [-0.15, -0.1) is 0 Å². The number of hydrogen-bond donors (Lipinski definition) is 3. The highest BCUT2D eigenvalue weighted by molar-refractivity contribution is 5.18. The molecule has 0 amide bonds. The molecule has 0 fully saturated rings. The van der Waals surface area contributed by atoms with Crippen LogP contribution >= 0.6 is 0 Å². The van der Waals surface area contributed by atoms with Gasteiger partial charge in [0.2, 0.25) is 0 Å². The highest BCUT2D eigenvalue weighted by Crippen LogP contribution is 2.23. The Balaban J connectivity index is 2.60. The van der Waals surface area contributed by atoms with Gasteiger partial charge in [-0.3, -0.25) is 5.10 Å². The molecule has 2 atom stereocenters. The molecule has 1 aromatic heterocycles. The molecule has 0 radical (unpaired) electrons. The molecule has 4 heteroatoms. The summed E-state index contributed by atoms with van der Waals surface area (Å²) in [5, 5.41) is 19.8. The highest BCUT2D eigenvalue weighted by atomic mass is 16.3. The summed E-state index contributed by atoms with van der Waals surface area (Å²) >= 11 is 0. The largest absolute Gasteiger partial charge is 0.395 e. The highest BCUT2D eigenvalue weighted by Gasteiger charge is 2.20. The zero-order valence-corrected chi connectivity index (χ0v) is 11.5. The number of aliphatic hydroxyl groups excluding tert-OH is 1. The number of rotatable bonds is 5. The van der Waals surface area contributed by atoms with Gasteiger partial charge in [0.05, 0.1) is 12.8 Å². The number of aromatic nitrogens is 2. The van der Waals surface area contributed by atoms with Crippen molar-refractivity contribution in [1.29, 1.82) is 0 Å². The molecule has 0 bridgehead atoms. The summed E-state index contributed by atoms with van der Waals surface area (Å²) in [4.78, 5) is 0. The van der Waals surface area contributed by atoms with Gasteiger partial charge in [-0.05, 0) is 25.7 Å². The van der Waals surface area contributed by atoms with Crippen LogP contribution in [0.15, 0.2) is 6.20 Å². The van der Waals surface area contributed by atoms with Crippen LogP contribution in [0.25, 0.3) is 0 Å². The zero-order valence-electron chi connectivity index (χ0n) is 11.5. The molecule has 2 unspecified atom stereocenters. The van der Waals surface area contributed by atoms with E-state index in [4.69, 9.17) is 0 Å². The minimum Gasteiger partial charge on any atom is -0.395 e. The summed E-state index contributed by atoms with van der Waals surface area (Å²) < 4.78 is 0. The van der Waals surface area contributed by atoms with Crippen molar-refractivity contribution in [2.24, 2.45) is 5.41 Å². The van der Waals surface area contributed by atoms with Gasteiger partial charge < -0.3 is 10.4 Å². The molecule has 1 heterocycles. The van der Waals surface area contributed by atoms with Crippen LogP contribution in [-0.2, 0) is 0 Å². The monoisotopic (exact) mass is 239 g/mol. The molecule has 0 aromatic carbocycles. The molecule has 98 valence electrons. The fourth-order valence-corrected chi connectivity index (χ4v) is 2.16. The Bertz CT molecular complexity index is 341. The molecule has 0 aliphatic carbocycles. The molecule has 17 heavy (non-hydrogen) atoms. The molecule has 0 aliphatic heterocycles. The summed E-state index contributed by atoms with van der Waals surface area (Å²) in [6.07, 6.45) is 2.79. The number of aliphatic hydroxyl groups is 1. The van der Waals surface area contributed by atoms with Crippen LogP contribution in [0.3, 0.4) is 0 Å². The number of nitrogens with one attached hydrogen (secondary N) is 2. The van der Waals surface area contributed by atoms with Gasteiger partial charge in [0.25, 0.3) is 0 Å². The van der Waals surface area contributed by atoms with Crippen molar-refractivity contribution in [2.45, 2.75) is 53.1 Å². The summed E-state index contributed by atoms with van der Waals surface area (Å²) in [5.74, 6) is 0. The van der Waals surface area contributed by atoms with Gasteiger partial charge in [0.15, 0.2) is 0 Å². The molecule has 1 rings (SSSR count). The lowest BCUT2D eigenvalue weighted by Crippen LogP contribution is -2.37. The SMILES string of the molecule is Cc1[nH]ncc1C(C)NC(CO)CC(C)(C)C. The number of nitrogens with zero attached hydrogens (tertiary/aromatic N) is 1. The molecule has 0 saturated heterocycles. The summed E-state index contributed by atoms with van der Waals surface area (Å²) in [7, 11) is 0. The van der Waals surface area contributed by atoms with E-state index >= 15 is 0 Å². The van der Waals surface area contributed by atoms with Crippen molar-refractivity contribution in [3.05, 3.63) is 17.5 Å².